The van der Waals surface area contributed by atoms with Crippen LogP contribution in [0.2, 0.25) is 5.02 Å². The Morgan fingerprint density at radius 2 is 1.63 bits per heavy atom. The monoisotopic (exact) mass is 705 g/mol. The largest absolute Gasteiger partial charge is 0.483 e. The predicted molar refractivity (Wildman–Crippen MR) is 191 cm³/mol. The second-order valence-corrected chi connectivity index (χ2v) is 15.7. The standard InChI is InChI=1S/C36H42ClN5O3S.CH2O2/c1-25-39-33-10-6-7-11-34(33)42(25)29-22-27-12-13-28(23-29)41(27)21-18-36(26-8-4-3-5-9-26)16-19-40(20-17-36)35(43)31-24-30(14-15-32(31)37)46(44,45)38-2;2-1-3/h3-11,14-15,24,27-29,38H,12-13,16-23H2,1-2H3;1H,(H,2,3)/t27-,28+,29?;. The normalized spacial score (nSPS) is 22.0. The number of aromatic nitrogens is 2. The minimum atomic E-state index is -3.70. The molecule has 3 aromatic carbocycles. The van der Waals surface area contributed by atoms with E-state index >= 15 is 0 Å². The zero-order valence-electron chi connectivity index (χ0n) is 28.0. The number of nitrogens with one attached hydrogen (secondary N) is 1. The van der Waals surface area contributed by atoms with Crippen LogP contribution in [0.15, 0.2) is 77.7 Å². The van der Waals surface area contributed by atoms with Crippen molar-refractivity contribution in [2.75, 3.05) is 26.7 Å². The summed E-state index contributed by atoms with van der Waals surface area (Å²) in [6.07, 6.45) is 7.54. The van der Waals surface area contributed by atoms with Crippen LogP contribution in [0, 0.1) is 6.92 Å². The highest BCUT2D eigenvalue weighted by atomic mass is 35.5. The lowest BCUT2D eigenvalue weighted by Crippen LogP contribution is -2.49. The molecule has 260 valence electrons. The van der Waals surface area contributed by atoms with E-state index < -0.39 is 10.0 Å². The van der Waals surface area contributed by atoms with Crippen molar-refractivity contribution in [3.05, 3.63) is 94.8 Å². The number of para-hydroxylation sites is 2. The first kappa shape index (κ1) is 35.1. The molecule has 12 heteroatoms. The quantitative estimate of drug-likeness (QED) is 0.214. The van der Waals surface area contributed by atoms with Gasteiger partial charge in [-0.05, 0) is 107 Å². The second kappa shape index (κ2) is 14.6. The lowest BCUT2D eigenvalue weighted by atomic mass is 9.70. The summed E-state index contributed by atoms with van der Waals surface area (Å²) < 4.78 is 29.6. The number of benzene rings is 3. The molecule has 2 N–H and O–H groups in total. The number of sulfonamides is 1. The van der Waals surface area contributed by atoms with E-state index in [0.29, 0.717) is 31.2 Å². The van der Waals surface area contributed by atoms with Crippen LogP contribution in [0.25, 0.3) is 11.0 Å². The number of carbonyl (C=O) groups excluding carboxylic acids is 1. The van der Waals surface area contributed by atoms with E-state index in [2.05, 4.69) is 75.7 Å². The number of halogens is 1. The van der Waals surface area contributed by atoms with Gasteiger partial charge in [0.25, 0.3) is 12.4 Å². The van der Waals surface area contributed by atoms with E-state index in [1.54, 1.807) is 0 Å². The van der Waals surface area contributed by atoms with Crippen molar-refractivity contribution in [3.63, 3.8) is 0 Å². The summed E-state index contributed by atoms with van der Waals surface area (Å²) in [7, 11) is -2.34. The van der Waals surface area contributed by atoms with E-state index in [1.807, 2.05) is 4.90 Å². The number of imidazole rings is 1. The molecule has 1 amide bonds. The summed E-state index contributed by atoms with van der Waals surface area (Å²) in [6.45, 7) is 4.12. The van der Waals surface area contributed by atoms with Gasteiger partial charge in [0.2, 0.25) is 10.0 Å². The highest BCUT2D eigenvalue weighted by molar-refractivity contribution is 7.89. The summed E-state index contributed by atoms with van der Waals surface area (Å²) in [5, 5.41) is 7.15. The maximum atomic E-state index is 13.7. The molecule has 7 rings (SSSR count). The van der Waals surface area contributed by atoms with Crippen LogP contribution in [0.5, 0.6) is 0 Å². The van der Waals surface area contributed by atoms with Gasteiger partial charge in [-0.15, -0.1) is 0 Å². The Kier molecular flexibility index (Phi) is 10.5. The van der Waals surface area contributed by atoms with Gasteiger partial charge >= 0.3 is 0 Å². The first-order valence-corrected chi connectivity index (χ1v) is 18.8. The smallest absolute Gasteiger partial charge is 0.290 e. The molecule has 4 aromatic rings. The molecule has 0 radical (unpaired) electrons. The number of piperidine rings is 2. The van der Waals surface area contributed by atoms with Crippen molar-refractivity contribution >= 4 is 45.0 Å². The van der Waals surface area contributed by atoms with Crippen LogP contribution in [0.1, 0.15) is 72.7 Å². The Hall–Kier alpha value is -3.77. The molecule has 10 nitrogen and oxygen atoms in total. The van der Waals surface area contributed by atoms with E-state index in [4.69, 9.17) is 26.5 Å². The Labute approximate surface area is 293 Å². The molecule has 0 saturated carbocycles. The number of amides is 1. The molecule has 49 heavy (non-hydrogen) atoms. The lowest BCUT2D eigenvalue weighted by molar-refractivity contribution is -0.122. The van der Waals surface area contributed by atoms with Gasteiger partial charge in [-0.2, -0.15) is 0 Å². The molecule has 3 aliphatic rings. The Balaban J connectivity index is 0.00000134. The number of aryl methyl sites for hydroxylation is 1. The summed E-state index contributed by atoms with van der Waals surface area (Å²) >= 11 is 6.43. The van der Waals surface area contributed by atoms with Crippen LogP contribution in [0.4, 0.5) is 0 Å². The number of nitrogens with zero attached hydrogens (tertiary/aromatic N) is 4. The zero-order chi connectivity index (χ0) is 34.8. The van der Waals surface area contributed by atoms with E-state index in [9.17, 15) is 13.2 Å². The van der Waals surface area contributed by atoms with Gasteiger partial charge in [0.15, 0.2) is 0 Å². The fraction of sp³-hybridized carbons (Fsp3) is 0.432. The Morgan fingerprint density at radius 1 is 1.00 bits per heavy atom. The number of carbonyl (C=O) groups is 2. The van der Waals surface area contributed by atoms with Gasteiger partial charge in [-0.3, -0.25) is 14.5 Å². The van der Waals surface area contributed by atoms with Crippen molar-refractivity contribution < 1.29 is 23.1 Å². The van der Waals surface area contributed by atoms with Crippen LogP contribution in [0.3, 0.4) is 0 Å². The molecular formula is C37H44ClN5O5S. The molecule has 4 heterocycles. The van der Waals surface area contributed by atoms with Crippen LogP contribution in [-0.2, 0) is 20.2 Å². The van der Waals surface area contributed by atoms with E-state index in [-0.39, 0.29) is 33.3 Å². The molecule has 0 spiro atoms. The molecule has 3 aliphatic heterocycles. The highest BCUT2D eigenvalue weighted by Crippen LogP contribution is 2.45. The number of rotatable bonds is 8. The zero-order valence-corrected chi connectivity index (χ0v) is 29.5. The maximum absolute atomic E-state index is 13.7. The van der Waals surface area contributed by atoms with Crippen molar-refractivity contribution in [2.24, 2.45) is 0 Å². The number of likely N-dealkylation sites (tertiary alicyclic amines) is 1. The molecule has 3 atom stereocenters. The Morgan fingerprint density at radius 3 is 2.29 bits per heavy atom. The molecule has 1 unspecified atom stereocenters. The van der Waals surface area contributed by atoms with Crippen molar-refractivity contribution in [1.29, 1.82) is 0 Å². The molecule has 3 saturated heterocycles. The summed E-state index contributed by atoms with van der Waals surface area (Å²) in [6, 6.07) is 25.2. The molecule has 2 bridgehead atoms. The van der Waals surface area contributed by atoms with Crippen molar-refractivity contribution in [3.8, 4) is 0 Å². The van der Waals surface area contributed by atoms with Gasteiger partial charge in [0, 0.05) is 31.2 Å². The topological polar surface area (TPSA) is 125 Å². The third-order valence-corrected chi connectivity index (χ3v) is 12.7. The average Bonchev–Trinajstić information content (AvgIpc) is 3.58. The second-order valence-electron chi connectivity index (χ2n) is 13.4. The fourth-order valence-electron chi connectivity index (χ4n) is 8.53. The average molecular weight is 706 g/mol. The van der Waals surface area contributed by atoms with Crippen LogP contribution < -0.4 is 4.72 Å². The third kappa shape index (κ3) is 6.99. The first-order valence-electron chi connectivity index (χ1n) is 17.0. The van der Waals surface area contributed by atoms with Crippen molar-refractivity contribution in [1.82, 2.24) is 24.1 Å². The Bertz CT molecular complexity index is 1890. The van der Waals surface area contributed by atoms with Gasteiger partial charge in [-0.25, -0.2) is 18.1 Å². The van der Waals surface area contributed by atoms with Crippen molar-refractivity contribution in [2.45, 2.75) is 80.3 Å². The minimum Gasteiger partial charge on any atom is -0.483 e. The van der Waals surface area contributed by atoms with E-state index in [1.165, 1.54) is 49.2 Å². The fourth-order valence-corrected chi connectivity index (χ4v) is 9.48. The molecular weight excluding hydrogens is 662 g/mol. The number of hydrogen-bond acceptors (Lipinski definition) is 6. The van der Waals surface area contributed by atoms with Gasteiger partial charge < -0.3 is 14.6 Å². The van der Waals surface area contributed by atoms with Gasteiger partial charge in [0.05, 0.1) is 26.5 Å². The maximum Gasteiger partial charge on any atom is 0.290 e. The van der Waals surface area contributed by atoms with Crippen LogP contribution in [-0.4, -0.2) is 84.0 Å². The number of fused-ring (bicyclic) bond motifs is 3. The van der Waals surface area contributed by atoms with E-state index in [0.717, 1.165) is 50.0 Å². The van der Waals surface area contributed by atoms with Crippen LogP contribution >= 0.6 is 11.6 Å². The van der Waals surface area contributed by atoms with Gasteiger partial charge in [-0.1, -0.05) is 54.1 Å². The van der Waals surface area contributed by atoms with Gasteiger partial charge in [0.1, 0.15) is 5.82 Å². The first-order chi connectivity index (χ1) is 23.6. The molecule has 0 aliphatic carbocycles. The summed E-state index contributed by atoms with van der Waals surface area (Å²) in [4.78, 5) is 31.6. The third-order valence-electron chi connectivity index (χ3n) is 11.0. The predicted octanol–water partition coefficient (Wildman–Crippen LogP) is 6.04. The minimum absolute atomic E-state index is 0.0351. The molecule has 1 aromatic heterocycles. The SMILES string of the molecule is CNS(=O)(=O)c1ccc(Cl)c(C(=O)N2CCC(CCN3[C@@H]4CC[C@H]3CC(n3c(C)nc5ccccc53)C4)(c3ccccc3)CC2)c1.O=CO. The summed E-state index contributed by atoms with van der Waals surface area (Å²) in [5.41, 5.74) is 3.86. The number of hydrogen-bond donors (Lipinski definition) is 2. The highest BCUT2D eigenvalue weighted by Gasteiger charge is 2.44. The molecule has 3 fully saturated rings. The number of carboxylic acid groups (broad SMARTS) is 1. The lowest BCUT2D eigenvalue weighted by Gasteiger charge is -2.45. The summed E-state index contributed by atoms with van der Waals surface area (Å²) in [5.74, 6) is 0.891.